The van der Waals surface area contributed by atoms with Crippen LogP contribution in [0.4, 0.5) is 0 Å². The van der Waals surface area contributed by atoms with E-state index in [1.54, 1.807) is 0 Å². The van der Waals surface area contributed by atoms with Gasteiger partial charge in [-0.1, -0.05) is 241 Å². The Labute approximate surface area is 415 Å². The van der Waals surface area contributed by atoms with Crippen LogP contribution in [0.2, 0.25) is 0 Å². The number of aliphatic hydroxyl groups is 2. The summed E-state index contributed by atoms with van der Waals surface area (Å²) in [5, 5.41) is 23.9. The number of carbonyl (C=O) groups is 2. The van der Waals surface area contributed by atoms with E-state index in [1.807, 2.05) is 0 Å². The van der Waals surface area contributed by atoms with E-state index in [-0.39, 0.29) is 24.9 Å². The summed E-state index contributed by atoms with van der Waals surface area (Å²) in [5.74, 6) is -0.551. The number of allylic oxidation sites excluding steroid dienone is 12. The molecule has 0 aromatic rings. The molecule has 0 radical (unpaired) electrons. The molecule has 3 atom stereocenters. The van der Waals surface area contributed by atoms with Gasteiger partial charge in [0.25, 0.3) is 0 Å². The average Bonchev–Trinajstić information content (AvgIpc) is 3.32. The van der Waals surface area contributed by atoms with Crippen LogP contribution in [-0.2, 0) is 14.3 Å². The topological polar surface area (TPSA) is 95.9 Å². The van der Waals surface area contributed by atoms with Crippen LogP contribution in [0.3, 0.4) is 0 Å². The zero-order valence-corrected chi connectivity index (χ0v) is 44.3. The molecule has 67 heavy (non-hydrogen) atoms. The Balaban J connectivity index is 4.66. The molecule has 0 aliphatic heterocycles. The summed E-state index contributed by atoms with van der Waals surface area (Å²) in [6, 6.07) is -0.721. The largest absolute Gasteiger partial charge is 0.462 e. The van der Waals surface area contributed by atoms with E-state index in [0.29, 0.717) is 25.7 Å². The molecule has 0 saturated heterocycles. The first kappa shape index (κ1) is 64.3. The van der Waals surface area contributed by atoms with Crippen molar-refractivity contribution in [2.24, 2.45) is 0 Å². The third kappa shape index (κ3) is 49.5. The van der Waals surface area contributed by atoms with Crippen molar-refractivity contribution in [1.82, 2.24) is 5.32 Å². The summed E-state index contributed by atoms with van der Waals surface area (Å²) in [5.41, 5.74) is 0. The lowest BCUT2D eigenvalue weighted by Crippen LogP contribution is -2.46. The standard InChI is InChI=1S/C61H109NO5/c1-4-7-10-13-16-19-22-25-28-30-33-36-39-42-45-48-51-54-61(66)67-57(52-49-46-43-40-37-34-31-27-24-21-18-15-12-9-6-3)55-60(65)62-58(56-63)59(64)53-50-47-44-41-38-35-32-29-26-23-20-17-14-11-8-5-2/h16,18-19,21,25,27-28,31,33,36,42,45,57-59,63-64H,4-15,17,20,22-24,26,29-30,32,34-35,37-41,43-44,46-56H2,1-3H3,(H,62,65)/b19-16-,21-18-,28-25-,31-27-,36-33-,45-42-. The van der Waals surface area contributed by atoms with Gasteiger partial charge in [-0.05, 0) is 96.3 Å². The smallest absolute Gasteiger partial charge is 0.306 e. The summed E-state index contributed by atoms with van der Waals surface area (Å²) >= 11 is 0. The van der Waals surface area contributed by atoms with Crippen molar-refractivity contribution in [3.63, 3.8) is 0 Å². The van der Waals surface area contributed by atoms with Crippen molar-refractivity contribution >= 4 is 11.9 Å². The van der Waals surface area contributed by atoms with E-state index in [4.69, 9.17) is 4.74 Å². The van der Waals surface area contributed by atoms with Crippen LogP contribution in [0.1, 0.15) is 278 Å². The molecule has 0 bridgehead atoms. The molecule has 0 aromatic carbocycles. The fourth-order valence-electron chi connectivity index (χ4n) is 8.39. The Bertz CT molecular complexity index is 1230. The number of hydrogen-bond donors (Lipinski definition) is 3. The summed E-state index contributed by atoms with van der Waals surface area (Å²) in [4.78, 5) is 26.2. The number of ether oxygens (including phenoxy) is 1. The van der Waals surface area contributed by atoms with E-state index >= 15 is 0 Å². The monoisotopic (exact) mass is 936 g/mol. The molecule has 0 aromatic heterocycles. The highest BCUT2D eigenvalue weighted by atomic mass is 16.5. The van der Waals surface area contributed by atoms with E-state index in [9.17, 15) is 19.8 Å². The van der Waals surface area contributed by atoms with Crippen molar-refractivity contribution in [2.75, 3.05) is 6.61 Å². The molecule has 0 heterocycles. The zero-order valence-electron chi connectivity index (χ0n) is 44.3. The third-order valence-electron chi connectivity index (χ3n) is 12.8. The third-order valence-corrected chi connectivity index (χ3v) is 12.8. The first-order chi connectivity index (χ1) is 33.0. The molecule has 388 valence electrons. The van der Waals surface area contributed by atoms with Crippen LogP contribution < -0.4 is 5.32 Å². The van der Waals surface area contributed by atoms with Gasteiger partial charge in [-0.25, -0.2) is 0 Å². The Kier molecular flexibility index (Phi) is 52.1. The van der Waals surface area contributed by atoms with Gasteiger partial charge in [-0.2, -0.15) is 0 Å². The second kappa shape index (κ2) is 54.2. The minimum absolute atomic E-state index is 0.0447. The number of carbonyl (C=O) groups excluding carboxylic acids is 2. The molecule has 1 amide bonds. The lowest BCUT2D eigenvalue weighted by Gasteiger charge is -2.24. The van der Waals surface area contributed by atoms with Crippen molar-refractivity contribution in [2.45, 2.75) is 296 Å². The van der Waals surface area contributed by atoms with Crippen molar-refractivity contribution in [1.29, 1.82) is 0 Å². The fraction of sp³-hybridized carbons (Fsp3) is 0.770. The first-order valence-electron chi connectivity index (χ1n) is 28.7. The zero-order chi connectivity index (χ0) is 48.8. The Morgan fingerprint density at radius 2 is 0.761 bits per heavy atom. The summed E-state index contributed by atoms with van der Waals surface area (Å²) < 4.78 is 5.92. The van der Waals surface area contributed by atoms with Crippen LogP contribution >= 0.6 is 0 Å². The van der Waals surface area contributed by atoms with Crippen molar-refractivity contribution < 1.29 is 24.5 Å². The molecule has 6 nitrogen and oxygen atoms in total. The quantitative estimate of drug-likeness (QED) is 0.0321. The fourth-order valence-corrected chi connectivity index (χ4v) is 8.39. The van der Waals surface area contributed by atoms with E-state index in [0.717, 1.165) is 83.5 Å². The summed E-state index contributed by atoms with van der Waals surface area (Å²) in [6.45, 7) is 6.43. The molecule has 0 fully saturated rings. The van der Waals surface area contributed by atoms with Crippen LogP contribution in [0, 0.1) is 0 Å². The van der Waals surface area contributed by atoms with Gasteiger partial charge in [-0.15, -0.1) is 0 Å². The maximum absolute atomic E-state index is 13.3. The molecule has 0 aliphatic carbocycles. The number of nitrogens with one attached hydrogen (secondary N) is 1. The molecule has 0 saturated carbocycles. The lowest BCUT2D eigenvalue weighted by molar-refractivity contribution is -0.151. The molecule has 3 N–H and O–H groups in total. The van der Waals surface area contributed by atoms with E-state index in [1.165, 1.54) is 141 Å². The maximum Gasteiger partial charge on any atom is 0.306 e. The average molecular weight is 937 g/mol. The van der Waals surface area contributed by atoms with E-state index in [2.05, 4.69) is 99.0 Å². The number of esters is 1. The molecule has 0 rings (SSSR count). The molecule has 0 aliphatic rings. The molecular formula is C61H109NO5. The minimum Gasteiger partial charge on any atom is -0.462 e. The van der Waals surface area contributed by atoms with Crippen molar-refractivity contribution in [3.8, 4) is 0 Å². The van der Waals surface area contributed by atoms with Crippen LogP contribution in [0.25, 0.3) is 0 Å². The highest BCUT2D eigenvalue weighted by Gasteiger charge is 2.24. The second-order valence-electron chi connectivity index (χ2n) is 19.3. The number of amides is 1. The highest BCUT2D eigenvalue weighted by Crippen LogP contribution is 2.18. The number of hydrogen-bond acceptors (Lipinski definition) is 5. The van der Waals surface area contributed by atoms with Gasteiger partial charge in [0.2, 0.25) is 5.91 Å². The Hall–Kier alpha value is -2.70. The second-order valence-corrected chi connectivity index (χ2v) is 19.3. The van der Waals surface area contributed by atoms with Crippen LogP contribution in [0.15, 0.2) is 72.9 Å². The van der Waals surface area contributed by atoms with Crippen LogP contribution in [-0.4, -0.2) is 46.9 Å². The van der Waals surface area contributed by atoms with Gasteiger partial charge in [0.15, 0.2) is 0 Å². The van der Waals surface area contributed by atoms with Gasteiger partial charge in [0, 0.05) is 6.42 Å². The minimum atomic E-state index is -0.804. The predicted molar refractivity (Wildman–Crippen MR) is 291 cm³/mol. The normalized spacial score (nSPS) is 13.7. The summed E-state index contributed by atoms with van der Waals surface area (Å²) in [6.07, 6.45) is 69.6. The molecule has 3 unspecified atom stereocenters. The van der Waals surface area contributed by atoms with Gasteiger partial charge >= 0.3 is 5.97 Å². The predicted octanol–water partition coefficient (Wildman–Crippen LogP) is 17.7. The highest BCUT2D eigenvalue weighted by molar-refractivity contribution is 5.77. The SMILES string of the molecule is CCCCC/C=C\C/C=C\C/C=C\C/C=C\CCCC(=O)OC(CCCCCCC/C=C\C/C=C\CCCCC)CC(=O)NC(CO)C(O)CCCCCCCCCCCCCCCCCC. The summed E-state index contributed by atoms with van der Waals surface area (Å²) in [7, 11) is 0. The number of rotatable bonds is 51. The van der Waals surface area contributed by atoms with Gasteiger partial charge in [0.1, 0.15) is 6.10 Å². The van der Waals surface area contributed by atoms with Crippen LogP contribution in [0.5, 0.6) is 0 Å². The Morgan fingerprint density at radius 3 is 1.18 bits per heavy atom. The maximum atomic E-state index is 13.3. The first-order valence-corrected chi connectivity index (χ1v) is 28.7. The Morgan fingerprint density at radius 1 is 0.433 bits per heavy atom. The molecule has 6 heteroatoms. The lowest BCUT2D eigenvalue weighted by atomic mass is 10.0. The molecule has 0 spiro atoms. The van der Waals surface area contributed by atoms with Gasteiger partial charge in [-0.3, -0.25) is 9.59 Å². The number of unbranched alkanes of at least 4 members (excludes halogenated alkanes) is 27. The van der Waals surface area contributed by atoms with Gasteiger partial charge < -0.3 is 20.3 Å². The van der Waals surface area contributed by atoms with E-state index < -0.39 is 18.2 Å². The number of aliphatic hydroxyl groups excluding tert-OH is 2. The van der Waals surface area contributed by atoms with Gasteiger partial charge in [0.05, 0.1) is 25.2 Å². The molecular weight excluding hydrogens is 827 g/mol. The van der Waals surface area contributed by atoms with Crippen molar-refractivity contribution in [3.05, 3.63) is 72.9 Å².